The largest absolute Gasteiger partial charge is 0.319 e. The van der Waals surface area contributed by atoms with E-state index < -0.39 is 0 Å². The Labute approximate surface area is 122 Å². The molecule has 1 saturated heterocycles. The Bertz CT molecular complexity index is 453. The fourth-order valence-electron chi connectivity index (χ4n) is 2.92. The van der Waals surface area contributed by atoms with Crippen LogP contribution < -0.4 is 5.32 Å². The van der Waals surface area contributed by atoms with Gasteiger partial charge < -0.3 is 4.90 Å². The summed E-state index contributed by atoms with van der Waals surface area (Å²) in [5.41, 5.74) is 2.52. The van der Waals surface area contributed by atoms with Crippen LogP contribution in [-0.4, -0.2) is 23.4 Å². The summed E-state index contributed by atoms with van der Waals surface area (Å²) in [6, 6.07) is 8.94. The Morgan fingerprint density at radius 3 is 2.45 bits per heavy atom. The highest BCUT2D eigenvalue weighted by Gasteiger charge is 2.34. The number of carbonyl (C=O) groups is 1. The van der Waals surface area contributed by atoms with Gasteiger partial charge >= 0.3 is 0 Å². The zero-order chi connectivity index (χ0) is 14.7. The van der Waals surface area contributed by atoms with Gasteiger partial charge in [-0.15, -0.1) is 0 Å². The van der Waals surface area contributed by atoms with Crippen molar-refractivity contribution in [2.24, 2.45) is 0 Å². The van der Waals surface area contributed by atoms with Gasteiger partial charge in [0.05, 0.1) is 6.54 Å². The molecule has 0 aromatic heterocycles. The maximum absolute atomic E-state index is 12.1. The number of rotatable bonds is 5. The quantitative estimate of drug-likeness (QED) is 0.892. The van der Waals surface area contributed by atoms with Crippen LogP contribution in [0.5, 0.6) is 0 Å². The summed E-state index contributed by atoms with van der Waals surface area (Å²) in [5.74, 6) is 0.751. The molecule has 110 valence electrons. The molecule has 1 N–H and O–H groups in total. The van der Waals surface area contributed by atoms with E-state index in [2.05, 4.69) is 57.3 Å². The summed E-state index contributed by atoms with van der Waals surface area (Å²) in [7, 11) is 0. The van der Waals surface area contributed by atoms with E-state index in [0.717, 1.165) is 12.8 Å². The van der Waals surface area contributed by atoms with Crippen molar-refractivity contribution in [2.75, 3.05) is 6.54 Å². The lowest BCUT2D eigenvalue weighted by Gasteiger charge is -2.30. The number of carbonyl (C=O) groups excluding carboxylic acids is 1. The summed E-state index contributed by atoms with van der Waals surface area (Å²) >= 11 is 0. The second-order valence-corrected chi connectivity index (χ2v) is 6.04. The van der Waals surface area contributed by atoms with Gasteiger partial charge in [-0.3, -0.25) is 10.1 Å². The second-order valence-electron chi connectivity index (χ2n) is 6.04. The van der Waals surface area contributed by atoms with Crippen molar-refractivity contribution in [2.45, 2.75) is 58.7 Å². The Hall–Kier alpha value is -1.35. The smallest absolute Gasteiger partial charge is 0.238 e. The maximum Gasteiger partial charge on any atom is 0.238 e. The number of benzene rings is 1. The molecule has 0 spiro atoms. The van der Waals surface area contributed by atoms with Gasteiger partial charge in [-0.1, -0.05) is 51.5 Å². The van der Waals surface area contributed by atoms with Crippen molar-refractivity contribution in [3.63, 3.8) is 0 Å². The molecule has 2 unspecified atom stereocenters. The average Bonchev–Trinajstić information content (AvgIpc) is 2.81. The standard InChI is InChI=1S/C17H26N2O/c1-5-6-13(4)19-16(20)11-18-17(19)15-9-7-14(8-10-15)12(2)3/h7-10,12-13,17-18H,5-6,11H2,1-4H3. The summed E-state index contributed by atoms with van der Waals surface area (Å²) in [5, 5.41) is 3.34. The highest BCUT2D eigenvalue weighted by atomic mass is 16.2. The monoisotopic (exact) mass is 274 g/mol. The Morgan fingerprint density at radius 2 is 1.90 bits per heavy atom. The number of hydrogen-bond donors (Lipinski definition) is 1. The number of amides is 1. The summed E-state index contributed by atoms with van der Waals surface area (Å²) in [6.45, 7) is 9.15. The van der Waals surface area contributed by atoms with Crippen LogP contribution in [0.25, 0.3) is 0 Å². The van der Waals surface area contributed by atoms with Gasteiger partial charge in [0.1, 0.15) is 6.17 Å². The van der Waals surface area contributed by atoms with Gasteiger partial charge in [0.15, 0.2) is 0 Å². The summed E-state index contributed by atoms with van der Waals surface area (Å²) in [6.07, 6.45) is 2.18. The van der Waals surface area contributed by atoms with Gasteiger partial charge in [0.2, 0.25) is 5.91 Å². The first kappa shape index (κ1) is 15.0. The molecule has 1 aliphatic rings. The third kappa shape index (κ3) is 3.04. The topological polar surface area (TPSA) is 32.3 Å². The fraction of sp³-hybridized carbons (Fsp3) is 0.588. The van der Waals surface area contributed by atoms with Crippen molar-refractivity contribution in [1.29, 1.82) is 0 Å². The molecule has 0 saturated carbocycles. The molecule has 1 aliphatic heterocycles. The minimum atomic E-state index is 0.0327. The third-order valence-electron chi connectivity index (χ3n) is 4.11. The number of hydrogen-bond acceptors (Lipinski definition) is 2. The lowest BCUT2D eigenvalue weighted by molar-refractivity contribution is -0.130. The van der Waals surface area contributed by atoms with Gasteiger partial charge in [-0.25, -0.2) is 0 Å². The van der Waals surface area contributed by atoms with Crippen LogP contribution in [0, 0.1) is 0 Å². The van der Waals surface area contributed by atoms with E-state index in [0.29, 0.717) is 12.5 Å². The molecule has 2 atom stereocenters. The molecule has 20 heavy (non-hydrogen) atoms. The highest BCUT2D eigenvalue weighted by Crippen LogP contribution is 2.27. The van der Waals surface area contributed by atoms with Crippen molar-refractivity contribution < 1.29 is 4.79 Å². The van der Waals surface area contributed by atoms with Gasteiger partial charge in [-0.2, -0.15) is 0 Å². The molecular weight excluding hydrogens is 248 g/mol. The van der Waals surface area contributed by atoms with Crippen LogP contribution in [-0.2, 0) is 4.79 Å². The van der Waals surface area contributed by atoms with E-state index >= 15 is 0 Å². The molecule has 1 fully saturated rings. The molecule has 3 nitrogen and oxygen atoms in total. The summed E-state index contributed by atoms with van der Waals surface area (Å²) in [4.78, 5) is 14.1. The SMILES string of the molecule is CCCC(C)N1C(=O)CNC1c1ccc(C(C)C)cc1. The lowest BCUT2D eigenvalue weighted by atomic mass is 10.0. The van der Waals surface area contributed by atoms with E-state index in [-0.39, 0.29) is 18.1 Å². The molecule has 1 amide bonds. The Balaban J connectivity index is 2.19. The summed E-state index contributed by atoms with van der Waals surface area (Å²) < 4.78 is 0. The predicted octanol–water partition coefficient (Wildman–Crippen LogP) is 3.43. The van der Waals surface area contributed by atoms with Crippen molar-refractivity contribution in [3.8, 4) is 0 Å². The highest BCUT2D eigenvalue weighted by molar-refractivity contribution is 5.81. The van der Waals surface area contributed by atoms with Crippen LogP contribution in [0.15, 0.2) is 24.3 Å². The molecular formula is C17H26N2O. The van der Waals surface area contributed by atoms with E-state index in [1.165, 1.54) is 11.1 Å². The van der Waals surface area contributed by atoms with E-state index in [1.54, 1.807) is 0 Å². The van der Waals surface area contributed by atoms with Crippen molar-refractivity contribution >= 4 is 5.91 Å². The molecule has 1 aromatic rings. The molecule has 0 radical (unpaired) electrons. The van der Waals surface area contributed by atoms with Crippen LogP contribution in [0.4, 0.5) is 0 Å². The lowest BCUT2D eigenvalue weighted by Crippen LogP contribution is -2.37. The molecule has 1 heterocycles. The minimum absolute atomic E-state index is 0.0327. The van der Waals surface area contributed by atoms with Crippen molar-refractivity contribution in [3.05, 3.63) is 35.4 Å². The first-order valence-corrected chi connectivity index (χ1v) is 7.69. The van der Waals surface area contributed by atoms with Crippen molar-refractivity contribution in [1.82, 2.24) is 10.2 Å². The normalized spacial score (nSPS) is 20.8. The maximum atomic E-state index is 12.1. The second kappa shape index (κ2) is 6.40. The van der Waals surface area contributed by atoms with E-state index in [9.17, 15) is 4.79 Å². The molecule has 3 heteroatoms. The van der Waals surface area contributed by atoms with Crippen LogP contribution in [0.1, 0.15) is 63.7 Å². The molecule has 0 bridgehead atoms. The predicted molar refractivity (Wildman–Crippen MR) is 82.5 cm³/mol. The molecule has 2 rings (SSSR count). The van der Waals surface area contributed by atoms with Crippen LogP contribution in [0.2, 0.25) is 0 Å². The Kier molecular flexibility index (Phi) is 4.81. The Morgan fingerprint density at radius 1 is 1.25 bits per heavy atom. The molecule has 0 aliphatic carbocycles. The molecule has 1 aromatic carbocycles. The van der Waals surface area contributed by atoms with E-state index in [1.807, 2.05) is 4.90 Å². The first-order valence-electron chi connectivity index (χ1n) is 7.69. The average molecular weight is 274 g/mol. The third-order valence-corrected chi connectivity index (χ3v) is 4.11. The van der Waals surface area contributed by atoms with Crippen LogP contribution >= 0.6 is 0 Å². The van der Waals surface area contributed by atoms with Gasteiger partial charge in [-0.05, 0) is 30.4 Å². The zero-order valence-electron chi connectivity index (χ0n) is 13.0. The zero-order valence-corrected chi connectivity index (χ0v) is 13.0. The fourth-order valence-corrected chi connectivity index (χ4v) is 2.92. The first-order chi connectivity index (χ1) is 9.54. The van der Waals surface area contributed by atoms with Gasteiger partial charge in [0.25, 0.3) is 0 Å². The van der Waals surface area contributed by atoms with Gasteiger partial charge in [0, 0.05) is 6.04 Å². The number of nitrogens with zero attached hydrogens (tertiary/aromatic N) is 1. The number of nitrogens with one attached hydrogen (secondary N) is 1. The van der Waals surface area contributed by atoms with Crippen LogP contribution in [0.3, 0.4) is 0 Å². The minimum Gasteiger partial charge on any atom is -0.319 e. The van der Waals surface area contributed by atoms with E-state index in [4.69, 9.17) is 0 Å².